The van der Waals surface area contributed by atoms with Crippen LogP contribution in [0.15, 0.2) is 24.3 Å². The lowest BCUT2D eigenvalue weighted by Crippen LogP contribution is -2.40. The van der Waals surface area contributed by atoms with Gasteiger partial charge in [-0.1, -0.05) is 12.1 Å². The number of hydrogen-bond acceptors (Lipinski definition) is 3. The maximum Gasteiger partial charge on any atom is 0.239 e. The molecule has 0 aliphatic carbocycles. The molecule has 1 atom stereocenters. The topological polar surface area (TPSA) is 52.6 Å². The highest BCUT2D eigenvalue weighted by atomic mass is 16.3. The van der Waals surface area contributed by atoms with Crippen LogP contribution in [0.1, 0.15) is 39.4 Å². The third-order valence-corrected chi connectivity index (χ3v) is 2.91. The number of aliphatic hydroxyl groups is 1. The van der Waals surface area contributed by atoms with Gasteiger partial charge in [0.2, 0.25) is 5.91 Å². The molecule has 0 unspecified atom stereocenters. The molecule has 0 saturated carbocycles. The Kier molecular flexibility index (Phi) is 5.83. The Hall–Kier alpha value is -1.55. The normalized spacial score (nSPS) is 12.3. The second kappa shape index (κ2) is 7.14. The number of hydrogen-bond donors (Lipinski definition) is 2. The highest BCUT2D eigenvalue weighted by Crippen LogP contribution is 2.18. The molecule has 1 rings (SSSR count). The van der Waals surface area contributed by atoms with Gasteiger partial charge in [-0.25, -0.2) is 0 Å². The fourth-order valence-corrected chi connectivity index (χ4v) is 1.89. The molecule has 2 N–H and O–H groups in total. The molecule has 0 heterocycles. The number of carbonyl (C=O) groups excluding carboxylic acids is 1. The zero-order valence-corrected chi connectivity index (χ0v) is 12.2. The number of nitrogens with zero attached hydrogens (tertiary/aromatic N) is 1. The molecule has 1 aromatic carbocycles. The Bertz CT molecular complexity index is 399. The van der Waals surface area contributed by atoms with Crippen molar-refractivity contribution in [3.63, 3.8) is 0 Å². The molecule has 19 heavy (non-hydrogen) atoms. The molecule has 1 amide bonds. The number of aliphatic hydroxyl groups excluding tert-OH is 1. The van der Waals surface area contributed by atoms with E-state index in [1.54, 1.807) is 6.92 Å². The van der Waals surface area contributed by atoms with Gasteiger partial charge in [0.05, 0.1) is 12.6 Å². The molecule has 0 bridgehead atoms. The van der Waals surface area contributed by atoms with Crippen molar-refractivity contribution in [3.05, 3.63) is 29.8 Å². The van der Waals surface area contributed by atoms with E-state index in [0.717, 1.165) is 17.8 Å². The number of amides is 1. The lowest BCUT2D eigenvalue weighted by atomic mass is 10.1. The molecule has 4 heteroatoms. The quantitative estimate of drug-likeness (QED) is 0.827. The monoisotopic (exact) mass is 264 g/mol. The van der Waals surface area contributed by atoms with Gasteiger partial charge in [0.25, 0.3) is 0 Å². The summed E-state index contributed by atoms with van der Waals surface area (Å²) in [6.45, 7) is 8.77. The van der Waals surface area contributed by atoms with Gasteiger partial charge in [-0.05, 0) is 45.4 Å². The van der Waals surface area contributed by atoms with Crippen molar-refractivity contribution in [2.24, 2.45) is 0 Å². The predicted molar refractivity (Wildman–Crippen MR) is 78.2 cm³/mol. The summed E-state index contributed by atoms with van der Waals surface area (Å²) in [5, 5.41) is 12.4. The molecule has 0 radical (unpaired) electrons. The Labute approximate surface area is 115 Å². The highest BCUT2D eigenvalue weighted by molar-refractivity contribution is 5.81. The molecule has 0 aliphatic rings. The van der Waals surface area contributed by atoms with E-state index in [0.29, 0.717) is 6.54 Å². The Morgan fingerprint density at radius 2 is 1.84 bits per heavy atom. The average molecular weight is 264 g/mol. The van der Waals surface area contributed by atoms with Crippen molar-refractivity contribution in [3.8, 4) is 0 Å². The Morgan fingerprint density at radius 1 is 1.26 bits per heavy atom. The molecular formula is C15H24N2O2. The van der Waals surface area contributed by atoms with Crippen molar-refractivity contribution in [2.75, 3.05) is 18.0 Å². The van der Waals surface area contributed by atoms with Crippen molar-refractivity contribution >= 4 is 11.6 Å². The smallest absolute Gasteiger partial charge is 0.239 e. The number of benzene rings is 1. The van der Waals surface area contributed by atoms with Gasteiger partial charge in [0, 0.05) is 18.3 Å². The number of carbonyl (C=O) groups is 1. The molecular weight excluding hydrogens is 240 g/mol. The molecule has 106 valence electrons. The molecule has 0 aromatic heterocycles. The van der Waals surface area contributed by atoms with E-state index in [4.69, 9.17) is 0 Å². The lowest BCUT2D eigenvalue weighted by Gasteiger charge is -2.23. The van der Waals surface area contributed by atoms with Gasteiger partial charge in [0.1, 0.15) is 0 Å². The molecule has 4 nitrogen and oxygen atoms in total. The summed E-state index contributed by atoms with van der Waals surface area (Å²) >= 11 is 0. The lowest BCUT2D eigenvalue weighted by molar-refractivity contribution is -0.120. The van der Waals surface area contributed by atoms with E-state index in [1.165, 1.54) is 0 Å². The van der Waals surface area contributed by atoms with Crippen molar-refractivity contribution < 1.29 is 9.90 Å². The van der Waals surface area contributed by atoms with E-state index >= 15 is 0 Å². The summed E-state index contributed by atoms with van der Waals surface area (Å²) in [6, 6.07) is 7.82. The maximum atomic E-state index is 11.8. The summed E-state index contributed by atoms with van der Waals surface area (Å²) < 4.78 is 0. The maximum absolute atomic E-state index is 11.8. The number of rotatable bonds is 6. The van der Waals surface area contributed by atoms with Gasteiger partial charge >= 0.3 is 0 Å². The van der Waals surface area contributed by atoms with Crippen molar-refractivity contribution in [2.45, 2.75) is 39.8 Å². The van der Waals surface area contributed by atoms with Gasteiger partial charge < -0.3 is 15.3 Å². The number of nitrogens with one attached hydrogen (secondary N) is 1. The van der Waals surface area contributed by atoms with Crippen LogP contribution in [0.2, 0.25) is 0 Å². The van der Waals surface area contributed by atoms with Crippen LogP contribution in [-0.2, 0) is 4.79 Å². The van der Waals surface area contributed by atoms with Crippen LogP contribution in [0.25, 0.3) is 0 Å². The minimum Gasteiger partial charge on any atom is -0.389 e. The fourth-order valence-electron chi connectivity index (χ4n) is 1.89. The largest absolute Gasteiger partial charge is 0.389 e. The standard InChI is InChI=1S/C15H24N2O2/c1-5-17(10-15(19)16-11(2)3)14-8-6-13(7-9-14)12(4)18/h6-9,11-12,18H,5,10H2,1-4H3,(H,16,19)/t12-/m0/s1. The third-order valence-electron chi connectivity index (χ3n) is 2.91. The molecule has 0 fully saturated rings. The van der Waals surface area contributed by atoms with Gasteiger partial charge in [-0.2, -0.15) is 0 Å². The first-order chi connectivity index (χ1) is 8.93. The van der Waals surface area contributed by atoms with E-state index < -0.39 is 6.10 Å². The average Bonchev–Trinajstić information content (AvgIpc) is 2.35. The Morgan fingerprint density at radius 3 is 2.26 bits per heavy atom. The summed E-state index contributed by atoms with van der Waals surface area (Å²) in [7, 11) is 0. The van der Waals surface area contributed by atoms with Crippen LogP contribution in [0, 0.1) is 0 Å². The SMILES string of the molecule is CCN(CC(=O)NC(C)C)c1ccc([C@H](C)O)cc1. The summed E-state index contributed by atoms with van der Waals surface area (Å²) in [5.74, 6) is 0.0245. The molecule has 0 spiro atoms. The summed E-state index contributed by atoms with van der Waals surface area (Å²) in [5.41, 5.74) is 1.87. The number of anilines is 1. The fraction of sp³-hybridized carbons (Fsp3) is 0.533. The van der Waals surface area contributed by atoms with E-state index in [-0.39, 0.29) is 11.9 Å². The predicted octanol–water partition coefficient (Wildman–Crippen LogP) is 2.09. The van der Waals surface area contributed by atoms with Crippen LogP contribution in [0.4, 0.5) is 5.69 Å². The van der Waals surface area contributed by atoms with Gasteiger partial charge in [0.15, 0.2) is 0 Å². The minimum atomic E-state index is -0.464. The number of likely N-dealkylation sites (N-methyl/N-ethyl adjacent to an activating group) is 1. The first-order valence-corrected chi connectivity index (χ1v) is 6.76. The van der Waals surface area contributed by atoms with Crippen LogP contribution in [0.3, 0.4) is 0 Å². The first-order valence-electron chi connectivity index (χ1n) is 6.76. The minimum absolute atomic E-state index is 0.0245. The summed E-state index contributed by atoms with van der Waals surface area (Å²) in [6.07, 6.45) is -0.464. The van der Waals surface area contributed by atoms with Gasteiger partial charge in [-0.15, -0.1) is 0 Å². The first kappa shape index (κ1) is 15.5. The molecule has 1 aromatic rings. The van der Waals surface area contributed by atoms with Crippen LogP contribution < -0.4 is 10.2 Å². The van der Waals surface area contributed by atoms with Crippen LogP contribution in [-0.4, -0.2) is 30.1 Å². The van der Waals surface area contributed by atoms with E-state index in [9.17, 15) is 9.90 Å². The van der Waals surface area contributed by atoms with Gasteiger partial charge in [-0.3, -0.25) is 4.79 Å². The van der Waals surface area contributed by atoms with Crippen LogP contribution in [0.5, 0.6) is 0 Å². The molecule has 0 aliphatic heterocycles. The third kappa shape index (κ3) is 4.91. The van der Waals surface area contributed by atoms with E-state index in [1.807, 2.05) is 49.9 Å². The van der Waals surface area contributed by atoms with Crippen molar-refractivity contribution in [1.82, 2.24) is 5.32 Å². The second-order valence-electron chi connectivity index (χ2n) is 5.00. The van der Waals surface area contributed by atoms with Crippen LogP contribution >= 0.6 is 0 Å². The highest BCUT2D eigenvalue weighted by Gasteiger charge is 2.11. The summed E-state index contributed by atoms with van der Waals surface area (Å²) in [4.78, 5) is 13.8. The molecule has 0 saturated heterocycles. The zero-order chi connectivity index (χ0) is 14.4. The van der Waals surface area contributed by atoms with Crippen molar-refractivity contribution in [1.29, 1.82) is 0 Å². The van der Waals surface area contributed by atoms with E-state index in [2.05, 4.69) is 5.32 Å². The second-order valence-corrected chi connectivity index (χ2v) is 5.00. The Balaban J connectivity index is 2.71. The zero-order valence-electron chi connectivity index (χ0n) is 12.2.